The van der Waals surface area contributed by atoms with Gasteiger partial charge in [0.05, 0.1) is 12.2 Å². The summed E-state index contributed by atoms with van der Waals surface area (Å²) in [6.45, 7) is 2.78. The number of alkyl halides is 3. The Morgan fingerprint density at radius 2 is 1.81 bits per heavy atom. The molecule has 0 spiro atoms. The molecule has 1 aromatic rings. The zero-order chi connectivity index (χ0) is 25.9. The van der Waals surface area contributed by atoms with E-state index in [9.17, 15) is 22.8 Å². The Morgan fingerprint density at radius 3 is 2.44 bits per heavy atom. The highest BCUT2D eigenvalue weighted by Gasteiger charge is 2.63. The maximum absolute atomic E-state index is 13.0. The molecule has 36 heavy (non-hydrogen) atoms. The number of ether oxygens (including phenoxy) is 2. The fraction of sp³-hybridized carbons (Fsp3) is 0.586. The number of hydrogen-bond donors (Lipinski definition) is 0. The number of carbonyl (C=O) groups is 2. The Balaban J connectivity index is 1.63. The Bertz CT molecular complexity index is 1130. The molecule has 0 aliphatic heterocycles. The first-order valence-electron chi connectivity index (χ1n) is 12.8. The first-order valence-corrected chi connectivity index (χ1v) is 12.8. The van der Waals surface area contributed by atoms with E-state index in [1.165, 1.54) is 23.3 Å². The van der Waals surface area contributed by atoms with E-state index in [1.807, 2.05) is 0 Å². The van der Waals surface area contributed by atoms with E-state index in [1.54, 1.807) is 32.4 Å². The number of methoxy groups -OCH3 is 2. The number of ketones is 2. The minimum Gasteiger partial charge on any atom is -0.382 e. The quantitative estimate of drug-likeness (QED) is 0.440. The molecule has 0 heterocycles. The van der Waals surface area contributed by atoms with E-state index in [0.29, 0.717) is 31.3 Å². The van der Waals surface area contributed by atoms with Crippen LogP contribution in [0.1, 0.15) is 73.7 Å². The molecule has 0 N–H and O–H groups in total. The molecule has 5 rings (SSSR count). The molecular formula is C29H33F3O4. The van der Waals surface area contributed by atoms with Gasteiger partial charge in [0.15, 0.2) is 5.78 Å². The normalized spacial score (nSPS) is 34.1. The van der Waals surface area contributed by atoms with Crippen molar-refractivity contribution < 1.29 is 32.2 Å². The van der Waals surface area contributed by atoms with Crippen molar-refractivity contribution in [3.63, 3.8) is 0 Å². The third-order valence-electron chi connectivity index (χ3n) is 9.63. The van der Waals surface area contributed by atoms with Crippen molar-refractivity contribution in [2.24, 2.45) is 17.3 Å². The van der Waals surface area contributed by atoms with Crippen LogP contribution in [0, 0.1) is 17.3 Å². The van der Waals surface area contributed by atoms with Crippen LogP contribution in [0.15, 0.2) is 47.1 Å². The minimum absolute atomic E-state index is 0.0253. The van der Waals surface area contributed by atoms with E-state index in [4.69, 9.17) is 9.47 Å². The maximum atomic E-state index is 13.0. The summed E-state index contributed by atoms with van der Waals surface area (Å²) in [5, 5.41) is 0. The van der Waals surface area contributed by atoms with E-state index in [0.717, 1.165) is 43.2 Å². The van der Waals surface area contributed by atoms with Crippen molar-refractivity contribution in [3.05, 3.63) is 58.2 Å². The summed E-state index contributed by atoms with van der Waals surface area (Å²) in [5.41, 5.74) is 3.68. The number of carbonyl (C=O) groups excluding carboxylic acids is 2. The SMILES string of the molecule is COC[C@]1(OC)CC[C@H]2[C@@H]3CCC4=CC(=O)CCC4=C3[C@@H](c3ccc(C(=O)C(F)(F)F)cc3)C[C@@]21C. The summed E-state index contributed by atoms with van der Waals surface area (Å²) in [6.07, 6.45) is 2.63. The maximum Gasteiger partial charge on any atom is 0.454 e. The fourth-order valence-corrected chi connectivity index (χ4v) is 7.93. The van der Waals surface area contributed by atoms with Gasteiger partial charge >= 0.3 is 6.18 Å². The highest BCUT2D eigenvalue weighted by Crippen LogP contribution is 2.67. The smallest absolute Gasteiger partial charge is 0.382 e. The highest BCUT2D eigenvalue weighted by molar-refractivity contribution is 6.00. The molecule has 0 bridgehead atoms. The average Bonchev–Trinajstić information content (AvgIpc) is 3.14. The van der Waals surface area contributed by atoms with Crippen LogP contribution in [-0.4, -0.2) is 44.2 Å². The number of Topliss-reactive ketones (excluding diaryl/α,β-unsaturated/α-hetero) is 1. The van der Waals surface area contributed by atoms with Gasteiger partial charge in [-0.1, -0.05) is 36.8 Å². The second-order valence-electron chi connectivity index (χ2n) is 11.1. The number of rotatable bonds is 5. The number of allylic oxidation sites excluding steroid dienone is 4. The van der Waals surface area contributed by atoms with Gasteiger partial charge in [0.25, 0.3) is 5.78 Å². The van der Waals surface area contributed by atoms with Crippen LogP contribution < -0.4 is 0 Å². The summed E-state index contributed by atoms with van der Waals surface area (Å²) >= 11 is 0. The van der Waals surface area contributed by atoms with E-state index >= 15 is 0 Å². The van der Waals surface area contributed by atoms with Crippen molar-refractivity contribution in [2.45, 2.75) is 69.6 Å². The molecule has 0 radical (unpaired) electrons. The molecular weight excluding hydrogens is 469 g/mol. The lowest BCUT2D eigenvalue weighted by Gasteiger charge is -2.55. The molecule has 0 aromatic heterocycles. The van der Waals surface area contributed by atoms with Crippen LogP contribution >= 0.6 is 0 Å². The number of halogens is 3. The van der Waals surface area contributed by atoms with Gasteiger partial charge in [-0.25, -0.2) is 0 Å². The molecule has 7 heteroatoms. The van der Waals surface area contributed by atoms with Gasteiger partial charge < -0.3 is 9.47 Å². The summed E-state index contributed by atoms with van der Waals surface area (Å²) < 4.78 is 50.9. The number of benzene rings is 1. The average molecular weight is 503 g/mol. The van der Waals surface area contributed by atoms with Crippen LogP contribution in [0.3, 0.4) is 0 Å². The molecule has 4 aliphatic rings. The van der Waals surface area contributed by atoms with Crippen molar-refractivity contribution in [1.82, 2.24) is 0 Å². The second kappa shape index (κ2) is 8.95. The number of fused-ring (bicyclic) bond motifs is 4. The molecule has 2 fully saturated rings. The van der Waals surface area contributed by atoms with Crippen molar-refractivity contribution in [2.75, 3.05) is 20.8 Å². The van der Waals surface area contributed by atoms with Crippen LogP contribution in [0.5, 0.6) is 0 Å². The summed E-state index contributed by atoms with van der Waals surface area (Å²) in [4.78, 5) is 24.0. The summed E-state index contributed by atoms with van der Waals surface area (Å²) in [6, 6.07) is 5.97. The Kier molecular flexibility index (Phi) is 6.31. The van der Waals surface area contributed by atoms with E-state index in [2.05, 4.69) is 6.92 Å². The first kappa shape index (κ1) is 25.4. The lowest BCUT2D eigenvalue weighted by atomic mass is 9.51. The largest absolute Gasteiger partial charge is 0.454 e. The lowest BCUT2D eigenvalue weighted by molar-refractivity contribution is -0.149. The van der Waals surface area contributed by atoms with Gasteiger partial charge in [-0.15, -0.1) is 0 Å². The zero-order valence-electron chi connectivity index (χ0n) is 21.0. The van der Waals surface area contributed by atoms with Crippen LogP contribution in [0.25, 0.3) is 0 Å². The predicted molar refractivity (Wildman–Crippen MR) is 129 cm³/mol. The molecule has 0 amide bonds. The monoisotopic (exact) mass is 502 g/mol. The van der Waals surface area contributed by atoms with Gasteiger partial charge in [-0.05, 0) is 73.1 Å². The molecule has 5 atom stereocenters. The van der Waals surface area contributed by atoms with Gasteiger partial charge in [0.2, 0.25) is 0 Å². The standard InChI is InChI=1S/C29H33F3O4/c1-27-15-23(17-4-6-18(7-5-17)26(34)29(30,31)32)25-21-11-9-20(33)14-19(21)8-10-22(25)24(27)12-13-28(27,36-3)16-35-2/h4-7,14,22-24H,8-13,15-16H2,1-3H3/t22-,23+,24-,27-,28+/m0/s1. The minimum atomic E-state index is -4.90. The van der Waals surface area contributed by atoms with Crippen molar-refractivity contribution in [1.29, 1.82) is 0 Å². The number of hydrogen-bond acceptors (Lipinski definition) is 4. The van der Waals surface area contributed by atoms with Gasteiger partial charge in [-0.3, -0.25) is 9.59 Å². The van der Waals surface area contributed by atoms with E-state index < -0.39 is 17.6 Å². The second-order valence-corrected chi connectivity index (χ2v) is 11.1. The van der Waals surface area contributed by atoms with Crippen LogP contribution in [0.2, 0.25) is 0 Å². The molecule has 2 saturated carbocycles. The molecule has 4 nitrogen and oxygen atoms in total. The zero-order valence-corrected chi connectivity index (χ0v) is 21.0. The van der Waals surface area contributed by atoms with Gasteiger partial charge in [0, 0.05) is 37.5 Å². The molecule has 0 unspecified atom stereocenters. The van der Waals surface area contributed by atoms with Gasteiger partial charge in [0.1, 0.15) is 0 Å². The topological polar surface area (TPSA) is 52.6 Å². The lowest BCUT2D eigenvalue weighted by Crippen LogP contribution is -2.54. The summed E-state index contributed by atoms with van der Waals surface area (Å²) in [7, 11) is 3.44. The molecule has 1 aromatic carbocycles. The molecule has 194 valence electrons. The van der Waals surface area contributed by atoms with Gasteiger partial charge in [-0.2, -0.15) is 13.2 Å². The first-order chi connectivity index (χ1) is 17.0. The predicted octanol–water partition coefficient (Wildman–Crippen LogP) is 6.36. The highest BCUT2D eigenvalue weighted by atomic mass is 19.4. The fourth-order valence-electron chi connectivity index (χ4n) is 7.93. The van der Waals surface area contributed by atoms with E-state index in [-0.39, 0.29) is 22.7 Å². The van der Waals surface area contributed by atoms with Crippen LogP contribution in [0.4, 0.5) is 13.2 Å². The third-order valence-corrected chi connectivity index (χ3v) is 9.63. The van der Waals surface area contributed by atoms with Crippen LogP contribution in [-0.2, 0) is 14.3 Å². The third kappa shape index (κ3) is 3.81. The van der Waals surface area contributed by atoms with Crippen molar-refractivity contribution in [3.8, 4) is 0 Å². The Labute approximate surface area is 209 Å². The Hall–Kier alpha value is -2.25. The summed E-state index contributed by atoms with van der Waals surface area (Å²) in [5.74, 6) is -0.967. The van der Waals surface area contributed by atoms with Crippen molar-refractivity contribution >= 4 is 11.6 Å². The molecule has 0 saturated heterocycles. The molecule has 4 aliphatic carbocycles. The Morgan fingerprint density at radius 1 is 1.08 bits per heavy atom.